The number of hydrogen-bond donors (Lipinski definition) is 2. The van der Waals surface area contributed by atoms with E-state index in [1.807, 2.05) is 32.0 Å². The van der Waals surface area contributed by atoms with Gasteiger partial charge in [0, 0.05) is 18.8 Å². The Labute approximate surface area is 174 Å². The minimum atomic E-state index is 0.136. The van der Waals surface area contributed by atoms with Crippen molar-refractivity contribution < 1.29 is 4.74 Å². The second-order valence-corrected chi connectivity index (χ2v) is 6.38. The second-order valence-electron chi connectivity index (χ2n) is 6.38. The van der Waals surface area contributed by atoms with Crippen LogP contribution >= 0.6 is 0 Å². The molecule has 0 atom stereocenters. The number of ether oxygens (including phenoxy) is 1. The molecule has 3 rings (SSSR count). The molecule has 0 aliphatic carbocycles. The fourth-order valence-electron chi connectivity index (χ4n) is 2.79. The van der Waals surface area contributed by atoms with Gasteiger partial charge in [0.15, 0.2) is 0 Å². The van der Waals surface area contributed by atoms with Crippen LogP contribution in [-0.2, 0) is 0 Å². The predicted octanol–water partition coefficient (Wildman–Crippen LogP) is 4.47. The Morgan fingerprint density at radius 2 is 1.63 bits per heavy atom. The molecule has 0 aliphatic rings. The molecule has 0 fully saturated rings. The van der Waals surface area contributed by atoms with E-state index in [9.17, 15) is 0 Å². The molecule has 148 valence electrons. The summed E-state index contributed by atoms with van der Waals surface area (Å²) < 4.78 is 5.98. The predicted molar refractivity (Wildman–Crippen MR) is 114 cm³/mol. The molecule has 0 radical (unpaired) electrons. The number of hydrogen-bond acceptors (Lipinski definition) is 8. The highest BCUT2D eigenvalue weighted by Crippen LogP contribution is 2.29. The van der Waals surface area contributed by atoms with Crippen LogP contribution in [-0.4, -0.2) is 22.0 Å². The molecule has 2 N–H and O–H groups in total. The average Bonchev–Trinajstić information content (AvgIpc) is 2.75. The van der Waals surface area contributed by atoms with Crippen LogP contribution in [0.1, 0.15) is 22.3 Å². The van der Waals surface area contributed by atoms with E-state index in [-0.39, 0.29) is 6.01 Å². The number of nitrogens with one attached hydrogen (secondary N) is 2. The van der Waals surface area contributed by atoms with Gasteiger partial charge in [0.2, 0.25) is 11.9 Å². The lowest BCUT2D eigenvalue weighted by Crippen LogP contribution is -2.06. The van der Waals surface area contributed by atoms with Crippen molar-refractivity contribution in [2.45, 2.75) is 13.8 Å². The maximum absolute atomic E-state index is 8.92. The molecule has 2 aromatic carbocycles. The summed E-state index contributed by atoms with van der Waals surface area (Å²) in [5, 5.41) is 23.6. The van der Waals surface area contributed by atoms with Gasteiger partial charge in [-0.15, -0.1) is 0 Å². The van der Waals surface area contributed by atoms with Gasteiger partial charge >= 0.3 is 6.01 Å². The highest BCUT2D eigenvalue weighted by Gasteiger charge is 2.12. The molecule has 1 heterocycles. The zero-order chi connectivity index (χ0) is 21.5. The van der Waals surface area contributed by atoms with Gasteiger partial charge < -0.3 is 15.4 Å². The fraction of sp³-hybridized carbons (Fsp3) is 0.136. The molecular weight excluding hydrogens is 378 g/mol. The SMILES string of the molecule is CNc1nc(Nc2ccc(C#N)cc2)nc(Oc2c(C)cc(/C=C\C#N)cc2C)n1. The van der Waals surface area contributed by atoms with Gasteiger partial charge in [-0.2, -0.15) is 25.5 Å². The molecule has 0 saturated carbocycles. The minimum Gasteiger partial charge on any atom is -0.424 e. The van der Waals surface area contributed by atoms with Gasteiger partial charge in [0.05, 0.1) is 17.7 Å². The summed E-state index contributed by atoms with van der Waals surface area (Å²) >= 11 is 0. The fourth-order valence-corrected chi connectivity index (χ4v) is 2.79. The number of allylic oxidation sites excluding steroid dienone is 1. The zero-order valence-electron chi connectivity index (χ0n) is 16.8. The first kappa shape index (κ1) is 20.3. The molecule has 0 saturated heterocycles. The van der Waals surface area contributed by atoms with Crippen molar-refractivity contribution in [1.82, 2.24) is 15.0 Å². The van der Waals surface area contributed by atoms with E-state index in [0.717, 1.165) is 22.4 Å². The molecule has 3 aromatic rings. The Kier molecular flexibility index (Phi) is 6.21. The third-order valence-electron chi connectivity index (χ3n) is 4.13. The Morgan fingerprint density at radius 3 is 2.23 bits per heavy atom. The van der Waals surface area contributed by atoms with Crippen LogP contribution in [0.25, 0.3) is 6.08 Å². The van der Waals surface area contributed by atoms with Crippen LogP contribution < -0.4 is 15.4 Å². The highest BCUT2D eigenvalue weighted by atomic mass is 16.5. The molecule has 30 heavy (non-hydrogen) atoms. The lowest BCUT2D eigenvalue weighted by atomic mass is 10.1. The van der Waals surface area contributed by atoms with Crippen molar-refractivity contribution in [2.24, 2.45) is 0 Å². The van der Waals surface area contributed by atoms with Crippen molar-refractivity contribution >= 4 is 23.7 Å². The molecule has 8 nitrogen and oxygen atoms in total. The van der Waals surface area contributed by atoms with Crippen molar-refractivity contribution in [3.8, 4) is 23.9 Å². The van der Waals surface area contributed by atoms with Crippen LogP contribution in [0.4, 0.5) is 17.6 Å². The number of rotatable bonds is 6. The van der Waals surface area contributed by atoms with Crippen molar-refractivity contribution in [3.63, 3.8) is 0 Å². The summed E-state index contributed by atoms with van der Waals surface area (Å²) in [5.41, 5.74) is 3.99. The van der Waals surface area contributed by atoms with Crippen molar-refractivity contribution in [3.05, 3.63) is 64.7 Å². The molecule has 0 bridgehead atoms. The van der Waals surface area contributed by atoms with Crippen molar-refractivity contribution in [2.75, 3.05) is 17.7 Å². The minimum absolute atomic E-state index is 0.136. The van der Waals surface area contributed by atoms with Gasteiger partial charge in [-0.25, -0.2) is 0 Å². The van der Waals surface area contributed by atoms with E-state index >= 15 is 0 Å². The Hall–Kier alpha value is -4.43. The van der Waals surface area contributed by atoms with E-state index in [2.05, 4.69) is 31.7 Å². The van der Waals surface area contributed by atoms with E-state index < -0.39 is 0 Å². The Bertz CT molecular complexity index is 1150. The number of nitrogens with zero attached hydrogens (tertiary/aromatic N) is 5. The van der Waals surface area contributed by atoms with E-state index in [1.165, 1.54) is 6.08 Å². The summed E-state index contributed by atoms with van der Waals surface area (Å²) in [4.78, 5) is 12.9. The number of aryl methyl sites for hydroxylation is 2. The van der Waals surface area contributed by atoms with Crippen LogP contribution in [0.3, 0.4) is 0 Å². The van der Waals surface area contributed by atoms with E-state index in [1.54, 1.807) is 37.4 Å². The quantitative estimate of drug-likeness (QED) is 0.585. The maximum atomic E-state index is 8.92. The second kappa shape index (κ2) is 9.18. The summed E-state index contributed by atoms with van der Waals surface area (Å²) in [5.74, 6) is 1.29. The normalized spacial score (nSPS) is 10.3. The third-order valence-corrected chi connectivity index (χ3v) is 4.13. The summed E-state index contributed by atoms with van der Waals surface area (Å²) in [7, 11) is 1.71. The Balaban J connectivity index is 1.89. The summed E-state index contributed by atoms with van der Waals surface area (Å²) in [6, 6.07) is 15.0. The van der Waals surface area contributed by atoms with E-state index in [0.29, 0.717) is 23.2 Å². The molecule has 0 spiro atoms. The van der Waals surface area contributed by atoms with Crippen LogP contribution in [0, 0.1) is 36.5 Å². The van der Waals surface area contributed by atoms with Gasteiger partial charge in [0.1, 0.15) is 5.75 Å². The van der Waals surface area contributed by atoms with E-state index in [4.69, 9.17) is 15.3 Å². The summed E-state index contributed by atoms with van der Waals surface area (Å²) in [6.07, 6.45) is 3.17. The molecule has 0 unspecified atom stereocenters. The van der Waals surface area contributed by atoms with Gasteiger partial charge in [0.25, 0.3) is 0 Å². The number of aromatic nitrogens is 3. The summed E-state index contributed by atoms with van der Waals surface area (Å²) in [6.45, 7) is 3.84. The lowest BCUT2D eigenvalue weighted by Gasteiger charge is -2.13. The number of benzene rings is 2. The first-order chi connectivity index (χ1) is 14.5. The number of anilines is 3. The number of nitriles is 2. The lowest BCUT2D eigenvalue weighted by molar-refractivity contribution is 0.435. The standard InChI is InChI=1S/C22H19N7O/c1-14-11-17(5-4-10-23)12-15(2)19(14)30-22-28-20(25-3)27-21(29-22)26-18-8-6-16(13-24)7-9-18/h4-9,11-12H,1-3H3,(H2,25,26,27,28,29)/b5-4-. The van der Waals surface area contributed by atoms with Gasteiger partial charge in [-0.05, 0) is 73.0 Å². The van der Waals surface area contributed by atoms with Crippen LogP contribution in [0.2, 0.25) is 0 Å². The molecular formula is C22H19N7O. The van der Waals surface area contributed by atoms with Gasteiger partial charge in [-0.1, -0.05) is 0 Å². The third kappa shape index (κ3) is 4.89. The van der Waals surface area contributed by atoms with Crippen LogP contribution in [0.5, 0.6) is 11.8 Å². The first-order valence-corrected chi connectivity index (χ1v) is 9.08. The topological polar surface area (TPSA) is 120 Å². The highest BCUT2D eigenvalue weighted by molar-refractivity contribution is 5.58. The largest absolute Gasteiger partial charge is 0.424 e. The van der Waals surface area contributed by atoms with Gasteiger partial charge in [-0.3, -0.25) is 0 Å². The molecule has 8 heteroatoms. The first-order valence-electron chi connectivity index (χ1n) is 9.08. The Morgan fingerprint density at radius 1 is 0.967 bits per heavy atom. The monoisotopic (exact) mass is 397 g/mol. The zero-order valence-corrected chi connectivity index (χ0v) is 16.8. The van der Waals surface area contributed by atoms with Crippen LogP contribution in [0.15, 0.2) is 42.5 Å². The maximum Gasteiger partial charge on any atom is 0.328 e. The average molecular weight is 397 g/mol. The van der Waals surface area contributed by atoms with Crippen molar-refractivity contribution in [1.29, 1.82) is 10.5 Å². The molecule has 0 amide bonds. The smallest absolute Gasteiger partial charge is 0.328 e. The molecule has 0 aliphatic heterocycles. The molecule has 1 aromatic heterocycles.